The number of carbonyl (C=O) groups is 2. The summed E-state index contributed by atoms with van der Waals surface area (Å²) < 4.78 is 12.7. The number of rotatable bonds is 8. The fourth-order valence-corrected chi connectivity index (χ4v) is 3.60. The summed E-state index contributed by atoms with van der Waals surface area (Å²) in [5, 5.41) is 12.6. The van der Waals surface area contributed by atoms with Crippen molar-refractivity contribution in [1.82, 2.24) is 19.8 Å². The third kappa shape index (κ3) is 5.06. The minimum atomic E-state index is -0.827. The van der Waals surface area contributed by atoms with Crippen molar-refractivity contribution in [1.29, 1.82) is 0 Å². The lowest BCUT2D eigenvalue weighted by Gasteiger charge is -2.37. The number of aryl methyl sites for hydroxylation is 1. The molecule has 30 heavy (non-hydrogen) atoms. The van der Waals surface area contributed by atoms with E-state index in [1.165, 1.54) is 0 Å². The van der Waals surface area contributed by atoms with Crippen molar-refractivity contribution in [2.24, 2.45) is 18.0 Å². The molecule has 3 heterocycles. The van der Waals surface area contributed by atoms with E-state index in [9.17, 15) is 14.7 Å². The first-order valence-electron chi connectivity index (χ1n) is 10.1. The Morgan fingerprint density at radius 2 is 2.27 bits per heavy atom. The van der Waals surface area contributed by atoms with E-state index in [0.717, 1.165) is 0 Å². The van der Waals surface area contributed by atoms with Crippen LogP contribution in [-0.2, 0) is 26.1 Å². The number of carboxylic acid groups (broad SMARTS) is 1. The number of esters is 1. The second kappa shape index (κ2) is 9.86. The van der Waals surface area contributed by atoms with Gasteiger partial charge in [0.2, 0.25) is 0 Å². The van der Waals surface area contributed by atoms with Gasteiger partial charge >= 0.3 is 11.9 Å². The topological polar surface area (TPSA) is 118 Å². The van der Waals surface area contributed by atoms with Crippen LogP contribution in [0.1, 0.15) is 26.1 Å². The fourth-order valence-electron chi connectivity index (χ4n) is 3.60. The molecule has 0 aromatic carbocycles. The van der Waals surface area contributed by atoms with Gasteiger partial charge in [0.05, 0.1) is 37.9 Å². The van der Waals surface area contributed by atoms with Gasteiger partial charge in [-0.2, -0.15) is 0 Å². The van der Waals surface area contributed by atoms with E-state index in [1.807, 2.05) is 17.8 Å². The standard InChI is InChI=1S/C20H29N5O5/c1-4-30-20(28)15-10-22-17(18-21-5-6-24(18)3)23-16(15)11-25-7-8-29-12-14(25)9-13(2)19(26)27/h5-6,13-14H,4,7-12H2,1-3H3,(H,22,23)(H,26,27). The lowest BCUT2D eigenvalue weighted by atomic mass is 10.00. The number of aromatic nitrogens is 2. The van der Waals surface area contributed by atoms with Crippen LogP contribution in [0.4, 0.5) is 0 Å². The molecule has 10 heteroatoms. The van der Waals surface area contributed by atoms with Crippen molar-refractivity contribution in [2.45, 2.75) is 26.3 Å². The highest BCUT2D eigenvalue weighted by molar-refractivity contribution is 6.01. The summed E-state index contributed by atoms with van der Waals surface area (Å²) in [5.41, 5.74) is 1.18. The molecule has 164 valence electrons. The van der Waals surface area contributed by atoms with Crippen molar-refractivity contribution in [3.63, 3.8) is 0 Å². The maximum absolute atomic E-state index is 12.5. The lowest BCUT2D eigenvalue weighted by molar-refractivity contribution is -0.142. The normalized spacial score (nSPS) is 21.0. The molecule has 3 rings (SSSR count). The molecule has 1 aromatic heterocycles. The molecule has 2 unspecified atom stereocenters. The van der Waals surface area contributed by atoms with Gasteiger partial charge in [-0.3, -0.25) is 14.7 Å². The molecule has 1 aromatic rings. The number of aliphatic imine (C=N–C) groups is 1. The van der Waals surface area contributed by atoms with Crippen LogP contribution in [0.3, 0.4) is 0 Å². The highest BCUT2D eigenvalue weighted by Gasteiger charge is 2.31. The lowest BCUT2D eigenvalue weighted by Crippen LogP contribution is -2.49. The first-order chi connectivity index (χ1) is 14.4. The smallest absolute Gasteiger partial charge is 0.337 e. The van der Waals surface area contributed by atoms with E-state index in [-0.39, 0.29) is 19.2 Å². The van der Waals surface area contributed by atoms with Gasteiger partial charge in [0, 0.05) is 44.3 Å². The molecule has 0 bridgehead atoms. The number of hydrogen-bond acceptors (Lipinski definition) is 8. The largest absolute Gasteiger partial charge is 0.481 e. The molecular formula is C20H29N5O5. The van der Waals surface area contributed by atoms with Gasteiger partial charge < -0.3 is 24.5 Å². The molecule has 0 spiro atoms. The maximum Gasteiger partial charge on any atom is 0.337 e. The molecule has 2 aliphatic heterocycles. The predicted molar refractivity (Wildman–Crippen MR) is 109 cm³/mol. The average Bonchev–Trinajstić information content (AvgIpc) is 3.15. The number of carboxylic acids is 1. The quantitative estimate of drug-likeness (QED) is 0.582. The van der Waals surface area contributed by atoms with Crippen LogP contribution in [-0.4, -0.2) is 82.8 Å². The van der Waals surface area contributed by atoms with E-state index in [4.69, 9.17) is 9.47 Å². The highest BCUT2D eigenvalue weighted by atomic mass is 16.5. The molecule has 1 saturated heterocycles. The Balaban J connectivity index is 1.82. The van der Waals surface area contributed by atoms with Gasteiger partial charge in [-0.25, -0.2) is 9.78 Å². The number of amidine groups is 1. The number of nitrogens with one attached hydrogen (secondary N) is 1. The van der Waals surface area contributed by atoms with E-state index in [0.29, 0.717) is 55.7 Å². The summed E-state index contributed by atoms with van der Waals surface area (Å²) >= 11 is 0. The second-order valence-electron chi connectivity index (χ2n) is 7.50. The molecular weight excluding hydrogens is 390 g/mol. The Labute approximate surface area is 175 Å². The Bertz CT molecular complexity index is 846. The van der Waals surface area contributed by atoms with E-state index >= 15 is 0 Å². The summed E-state index contributed by atoms with van der Waals surface area (Å²) in [6.07, 6.45) is 3.99. The van der Waals surface area contributed by atoms with Gasteiger partial charge in [-0.15, -0.1) is 0 Å². The molecule has 2 aliphatic rings. The number of ether oxygens (including phenoxy) is 2. The molecule has 2 atom stereocenters. The minimum absolute atomic E-state index is 0.0573. The zero-order chi connectivity index (χ0) is 21.7. The van der Waals surface area contributed by atoms with Crippen molar-refractivity contribution >= 4 is 17.8 Å². The average molecular weight is 419 g/mol. The SMILES string of the molecule is CCOC(=O)C1=C(CN2CCOCC2CC(C)C(=O)O)NC(c2nccn2C)=NC1. The van der Waals surface area contributed by atoms with Crippen LogP contribution in [0.25, 0.3) is 0 Å². The van der Waals surface area contributed by atoms with Crippen LogP contribution >= 0.6 is 0 Å². The molecule has 2 N–H and O–H groups in total. The van der Waals surface area contributed by atoms with Crippen LogP contribution in [0, 0.1) is 5.92 Å². The molecule has 0 saturated carbocycles. The molecule has 1 fully saturated rings. The van der Waals surface area contributed by atoms with Gasteiger partial charge in [0.1, 0.15) is 0 Å². The third-order valence-electron chi connectivity index (χ3n) is 5.34. The van der Waals surface area contributed by atoms with Crippen molar-refractivity contribution in [3.8, 4) is 0 Å². The monoisotopic (exact) mass is 419 g/mol. The maximum atomic E-state index is 12.5. The minimum Gasteiger partial charge on any atom is -0.481 e. The summed E-state index contributed by atoms with van der Waals surface area (Å²) in [5.74, 6) is -0.442. The number of imidazole rings is 1. The Morgan fingerprint density at radius 3 is 2.93 bits per heavy atom. The summed E-state index contributed by atoms with van der Waals surface area (Å²) in [6, 6.07) is -0.0573. The van der Waals surface area contributed by atoms with Crippen LogP contribution in [0.2, 0.25) is 0 Å². The van der Waals surface area contributed by atoms with Crippen LogP contribution < -0.4 is 5.32 Å². The fraction of sp³-hybridized carbons (Fsp3) is 0.600. The molecule has 0 radical (unpaired) electrons. The third-order valence-corrected chi connectivity index (χ3v) is 5.34. The summed E-state index contributed by atoms with van der Waals surface area (Å²) in [4.78, 5) is 34.8. The van der Waals surface area contributed by atoms with Gasteiger partial charge in [0.15, 0.2) is 11.7 Å². The number of morpholine rings is 1. The Morgan fingerprint density at radius 1 is 1.47 bits per heavy atom. The van der Waals surface area contributed by atoms with Gasteiger partial charge in [-0.1, -0.05) is 6.92 Å². The van der Waals surface area contributed by atoms with Crippen molar-refractivity contribution < 1.29 is 24.2 Å². The molecule has 0 amide bonds. The van der Waals surface area contributed by atoms with Crippen molar-refractivity contribution in [2.75, 3.05) is 39.5 Å². The Kier molecular flexibility index (Phi) is 7.22. The zero-order valence-corrected chi connectivity index (χ0v) is 17.6. The zero-order valence-electron chi connectivity index (χ0n) is 17.6. The predicted octanol–water partition coefficient (Wildman–Crippen LogP) is 0.399. The van der Waals surface area contributed by atoms with E-state index in [2.05, 4.69) is 20.2 Å². The highest BCUT2D eigenvalue weighted by Crippen LogP contribution is 2.20. The molecule has 0 aliphatic carbocycles. The summed E-state index contributed by atoms with van der Waals surface area (Å²) in [7, 11) is 1.88. The van der Waals surface area contributed by atoms with Crippen LogP contribution in [0.15, 0.2) is 28.7 Å². The van der Waals surface area contributed by atoms with Crippen LogP contribution in [0.5, 0.6) is 0 Å². The number of hydrogen-bond donors (Lipinski definition) is 2. The van der Waals surface area contributed by atoms with Gasteiger partial charge in [0.25, 0.3) is 0 Å². The first-order valence-corrected chi connectivity index (χ1v) is 10.1. The van der Waals surface area contributed by atoms with E-state index in [1.54, 1.807) is 20.0 Å². The number of aliphatic carboxylic acids is 1. The second-order valence-corrected chi connectivity index (χ2v) is 7.50. The Hall–Kier alpha value is -2.72. The van der Waals surface area contributed by atoms with Crippen molar-refractivity contribution in [3.05, 3.63) is 29.5 Å². The van der Waals surface area contributed by atoms with Gasteiger partial charge in [-0.05, 0) is 13.3 Å². The first kappa shape index (κ1) is 22.0. The summed E-state index contributed by atoms with van der Waals surface area (Å²) in [6.45, 7) is 6.04. The molecule has 10 nitrogen and oxygen atoms in total. The number of nitrogens with zero attached hydrogens (tertiary/aromatic N) is 4. The number of carbonyl (C=O) groups excluding carboxylic acids is 1. The van der Waals surface area contributed by atoms with E-state index < -0.39 is 17.9 Å².